The molecule has 1 aliphatic rings. The first-order chi connectivity index (χ1) is 13.1. The molecule has 0 bridgehead atoms. The fourth-order valence-corrected chi connectivity index (χ4v) is 3.58. The minimum Gasteiger partial charge on any atom is -0.478 e. The first-order valence-corrected chi connectivity index (χ1v) is 8.18. The molecule has 0 saturated heterocycles. The number of nitrogens with zero attached hydrogens (tertiary/aromatic N) is 1. The molecule has 0 radical (unpaired) electrons. The van der Waals surface area contributed by atoms with Crippen LogP contribution in [0.2, 0.25) is 0 Å². The second-order valence-corrected chi connectivity index (χ2v) is 6.27. The third-order valence-corrected chi connectivity index (χ3v) is 4.79. The molecule has 5 rings (SSSR count). The Bertz CT molecular complexity index is 1330. The number of benzene rings is 2. The lowest BCUT2D eigenvalue weighted by atomic mass is 9.95. The Morgan fingerprint density at radius 1 is 0.889 bits per heavy atom. The van der Waals surface area contributed by atoms with E-state index in [1.165, 1.54) is 12.1 Å². The minimum absolute atomic E-state index is 0.123. The first kappa shape index (κ1) is 15.3. The number of carbonyl (C=O) groups excluding carboxylic acids is 1. The van der Waals surface area contributed by atoms with Crippen LogP contribution in [0.4, 0.5) is 0 Å². The van der Waals surface area contributed by atoms with Gasteiger partial charge < -0.3 is 5.11 Å². The maximum absolute atomic E-state index is 13.1. The number of aromatic carboxylic acids is 1. The standard InChI is InChI=1S/C20H11N3O4/c24-17-12-4-2-1-3-11(12)16-14(17)13(15-18(21-16)22-23-19(15)25)9-5-7-10(8-6-9)20(26)27/h1-8H,(H,26,27)(H2,21,22,23,25). The molecule has 0 saturated carbocycles. The van der Waals surface area contributed by atoms with Crippen molar-refractivity contribution < 1.29 is 14.7 Å². The molecule has 7 heteroatoms. The van der Waals surface area contributed by atoms with Gasteiger partial charge in [-0.2, -0.15) is 0 Å². The topological polar surface area (TPSA) is 116 Å². The van der Waals surface area contributed by atoms with Gasteiger partial charge in [-0.25, -0.2) is 9.78 Å². The van der Waals surface area contributed by atoms with Crippen LogP contribution in [-0.2, 0) is 0 Å². The van der Waals surface area contributed by atoms with Gasteiger partial charge in [0.25, 0.3) is 5.56 Å². The Morgan fingerprint density at radius 3 is 2.30 bits per heavy atom. The highest BCUT2D eigenvalue weighted by atomic mass is 16.4. The van der Waals surface area contributed by atoms with Crippen LogP contribution in [0, 0.1) is 0 Å². The van der Waals surface area contributed by atoms with Gasteiger partial charge in [-0.3, -0.25) is 19.8 Å². The second-order valence-electron chi connectivity index (χ2n) is 6.27. The van der Waals surface area contributed by atoms with Gasteiger partial charge in [0.1, 0.15) is 0 Å². The molecule has 0 atom stereocenters. The van der Waals surface area contributed by atoms with E-state index in [0.29, 0.717) is 39.2 Å². The normalized spacial score (nSPS) is 12.2. The SMILES string of the molecule is O=C(O)c1ccc(-c2c3c(nc4[nH][nH]c(=O)c24)-c2ccccc2C3=O)cc1. The van der Waals surface area contributed by atoms with E-state index in [1.807, 2.05) is 12.1 Å². The van der Waals surface area contributed by atoms with Gasteiger partial charge in [-0.1, -0.05) is 36.4 Å². The second kappa shape index (κ2) is 5.25. The fourth-order valence-electron chi connectivity index (χ4n) is 3.58. The van der Waals surface area contributed by atoms with Crippen molar-refractivity contribution in [2.24, 2.45) is 0 Å². The summed E-state index contributed by atoms with van der Waals surface area (Å²) >= 11 is 0. The zero-order valence-electron chi connectivity index (χ0n) is 13.7. The van der Waals surface area contributed by atoms with Crippen LogP contribution < -0.4 is 5.56 Å². The third kappa shape index (κ3) is 2.02. The number of carboxylic acid groups (broad SMARTS) is 1. The van der Waals surface area contributed by atoms with E-state index >= 15 is 0 Å². The summed E-state index contributed by atoms with van der Waals surface area (Å²) in [5, 5.41) is 14.7. The van der Waals surface area contributed by atoms with Gasteiger partial charge in [-0.05, 0) is 17.7 Å². The molecule has 2 heterocycles. The van der Waals surface area contributed by atoms with Crippen LogP contribution >= 0.6 is 0 Å². The predicted molar refractivity (Wildman–Crippen MR) is 98.0 cm³/mol. The highest BCUT2D eigenvalue weighted by Gasteiger charge is 2.33. The molecule has 1 aliphatic carbocycles. The average molecular weight is 357 g/mol. The first-order valence-electron chi connectivity index (χ1n) is 8.18. The lowest BCUT2D eigenvalue weighted by Crippen LogP contribution is -2.05. The van der Waals surface area contributed by atoms with Crippen molar-refractivity contribution in [2.45, 2.75) is 0 Å². The van der Waals surface area contributed by atoms with E-state index in [9.17, 15) is 14.4 Å². The van der Waals surface area contributed by atoms with Gasteiger partial charge >= 0.3 is 5.97 Å². The van der Waals surface area contributed by atoms with E-state index < -0.39 is 5.97 Å². The molecule has 0 aliphatic heterocycles. The average Bonchev–Trinajstić information content (AvgIpc) is 3.19. The number of pyridine rings is 1. The Balaban J connectivity index is 1.90. The highest BCUT2D eigenvalue weighted by molar-refractivity contribution is 6.26. The zero-order chi connectivity index (χ0) is 18.7. The molecular formula is C20H11N3O4. The fraction of sp³-hybridized carbons (Fsp3) is 0. The minimum atomic E-state index is -1.05. The summed E-state index contributed by atoms with van der Waals surface area (Å²) in [7, 11) is 0. The number of carboxylic acids is 1. The number of aromatic amines is 2. The molecule has 2 aromatic heterocycles. The summed E-state index contributed by atoms with van der Waals surface area (Å²) in [6, 6.07) is 13.3. The Labute approximate surface area is 151 Å². The quantitative estimate of drug-likeness (QED) is 0.449. The molecule has 3 N–H and O–H groups in total. The summed E-state index contributed by atoms with van der Waals surface area (Å²) < 4.78 is 0. The van der Waals surface area contributed by atoms with Crippen LogP contribution in [-0.4, -0.2) is 32.0 Å². The van der Waals surface area contributed by atoms with Gasteiger partial charge in [0.2, 0.25) is 0 Å². The molecular weight excluding hydrogens is 346 g/mol. The van der Waals surface area contributed by atoms with Crippen LogP contribution in [0.5, 0.6) is 0 Å². The highest BCUT2D eigenvalue weighted by Crippen LogP contribution is 2.42. The Morgan fingerprint density at radius 2 is 1.59 bits per heavy atom. The smallest absolute Gasteiger partial charge is 0.335 e. The number of ketones is 1. The summed E-state index contributed by atoms with van der Waals surface area (Å²) in [6.45, 7) is 0. The van der Waals surface area contributed by atoms with E-state index in [-0.39, 0.29) is 22.3 Å². The predicted octanol–water partition coefficient (Wildman–Crippen LogP) is 2.83. The van der Waals surface area contributed by atoms with E-state index in [1.54, 1.807) is 24.3 Å². The zero-order valence-corrected chi connectivity index (χ0v) is 13.7. The largest absolute Gasteiger partial charge is 0.478 e. The van der Waals surface area contributed by atoms with Crippen molar-refractivity contribution in [3.8, 4) is 22.4 Å². The van der Waals surface area contributed by atoms with Crippen molar-refractivity contribution in [1.29, 1.82) is 0 Å². The van der Waals surface area contributed by atoms with Crippen molar-refractivity contribution in [1.82, 2.24) is 15.2 Å². The molecule has 27 heavy (non-hydrogen) atoms. The van der Waals surface area contributed by atoms with E-state index in [2.05, 4.69) is 15.2 Å². The summed E-state index contributed by atoms with van der Waals surface area (Å²) in [5.41, 5.74) is 3.23. The number of rotatable bonds is 2. The van der Waals surface area contributed by atoms with Crippen molar-refractivity contribution >= 4 is 22.8 Å². The van der Waals surface area contributed by atoms with E-state index in [0.717, 1.165) is 0 Å². The molecule has 0 fully saturated rings. The lowest BCUT2D eigenvalue weighted by Gasteiger charge is -2.09. The number of fused-ring (bicyclic) bond motifs is 4. The maximum Gasteiger partial charge on any atom is 0.335 e. The molecule has 7 nitrogen and oxygen atoms in total. The third-order valence-electron chi connectivity index (χ3n) is 4.79. The summed E-state index contributed by atoms with van der Waals surface area (Å²) in [4.78, 5) is 41.1. The van der Waals surface area contributed by atoms with Gasteiger partial charge in [-0.15, -0.1) is 0 Å². The number of nitrogens with one attached hydrogen (secondary N) is 2. The monoisotopic (exact) mass is 357 g/mol. The van der Waals surface area contributed by atoms with Gasteiger partial charge in [0.05, 0.1) is 22.2 Å². The van der Waals surface area contributed by atoms with E-state index in [4.69, 9.17) is 5.11 Å². The van der Waals surface area contributed by atoms with Crippen LogP contribution in [0.25, 0.3) is 33.4 Å². The Kier molecular flexibility index (Phi) is 2.97. The number of hydrogen-bond acceptors (Lipinski definition) is 4. The van der Waals surface area contributed by atoms with Crippen LogP contribution in [0.3, 0.4) is 0 Å². The lowest BCUT2D eigenvalue weighted by molar-refractivity contribution is 0.0696. The Hall–Kier alpha value is -4.00. The van der Waals surface area contributed by atoms with Crippen molar-refractivity contribution in [3.05, 3.63) is 75.6 Å². The number of H-pyrrole nitrogens is 2. The van der Waals surface area contributed by atoms with Crippen molar-refractivity contribution in [2.75, 3.05) is 0 Å². The summed E-state index contributed by atoms with van der Waals surface area (Å²) in [5.74, 6) is -1.25. The number of hydrogen-bond donors (Lipinski definition) is 3. The number of aromatic nitrogens is 3. The van der Waals surface area contributed by atoms with Crippen LogP contribution in [0.15, 0.2) is 53.3 Å². The molecule has 2 aromatic carbocycles. The molecule has 0 amide bonds. The maximum atomic E-state index is 13.1. The summed E-state index contributed by atoms with van der Waals surface area (Å²) in [6.07, 6.45) is 0. The van der Waals surface area contributed by atoms with Crippen LogP contribution in [0.1, 0.15) is 26.3 Å². The molecule has 0 spiro atoms. The number of carbonyl (C=O) groups is 2. The molecule has 130 valence electrons. The molecule has 4 aromatic rings. The van der Waals surface area contributed by atoms with Gasteiger partial charge in [0.15, 0.2) is 11.4 Å². The molecule has 0 unspecified atom stereocenters. The van der Waals surface area contributed by atoms with Crippen molar-refractivity contribution in [3.63, 3.8) is 0 Å². The van der Waals surface area contributed by atoms with Gasteiger partial charge in [0, 0.05) is 16.7 Å².